The minimum atomic E-state index is 0.293. The van der Waals surface area contributed by atoms with E-state index >= 15 is 0 Å². The second-order valence-electron chi connectivity index (χ2n) is 7.99. The average Bonchev–Trinajstić information content (AvgIpc) is 2.72. The zero-order chi connectivity index (χ0) is 18.5. The van der Waals surface area contributed by atoms with Gasteiger partial charge in [0, 0.05) is 13.2 Å². The van der Waals surface area contributed by atoms with Gasteiger partial charge in [0.05, 0.1) is 12.2 Å². The van der Waals surface area contributed by atoms with Gasteiger partial charge in [-0.1, -0.05) is 48.5 Å². The quantitative estimate of drug-likeness (QED) is 0.561. The van der Waals surface area contributed by atoms with Crippen LogP contribution in [0.4, 0.5) is 0 Å². The Balaban J connectivity index is 1.27. The van der Waals surface area contributed by atoms with Crippen LogP contribution in [-0.4, -0.2) is 19.3 Å². The van der Waals surface area contributed by atoms with Gasteiger partial charge >= 0.3 is 0 Å². The van der Waals surface area contributed by atoms with Crippen LogP contribution in [0.3, 0.4) is 0 Å². The van der Waals surface area contributed by atoms with Gasteiger partial charge in [-0.2, -0.15) is 0 Å². The maximum absolute atomic E-state index is 6.25. The SMILES string of the molecule is CCOC1CCC(CCCOC2CCc3ccccc3C2)c2ccccc21. The molecule has 0 saturated heterocycles. The van der Waals surface area contributed by atoms with E-state index < -0.39 is 0 Å². The minimum absolute atomic E-state index is 0.293. The zero-order valence-corrected chi connectivity index (χ0v) is 16.5. The molecule has 2 aliphatic carbocycles. The predicted octanol–water partition coefficient (Wildman–Crippen LogP) is 6.00. The van der Waals surface area contributed by atoms with E-state index in [0.29, 0.717) is 18.1 Å². The molecule has 0 N–H and O–H groups in total. The van der Waals surface area contributed by atoms with Crippen molar-refractivity contribution in [3.63, 3.8) is 0 Å². The maximum Gasteiger partial charge on any atom is 0.0827 e. The number of benzene rings is 2. The molecule has 27 heavy (non-hydrogen) atoms. The Morgan fingerprint density at radius 1 is 0.852 bits per heavy atom. The van der Waals surface area contributed by atoms with Gasteiger partial charge in [-0.25, -0.2) is 0 Å². The second kappa shape index (κ2) is 9.03. The monoisotopic (exact) mass is 364 g/mol. The molecule has 0 fully saturated rings. The van der Waals surface area contributed by atoms with Crippen molar-refractivity contribution in [3.05, 3.63) is 70.8 Å². The van der Waals surface area contributed by atoms with Crippen molar-refractivity contribution in [1.82, 2.24) is 0 Å². The molecule has 0 radical (unpaired) electrons. The second-order valence-corrected chi connectivity index (χ2v) is 7.99. The van der Waals surface area contributed by atoms with Gasteiger partial charge in [0.25, 0.3) is 0 Å². The Hall–Kier alpha value is -1.64. The molecule has 2 nitrogen and oxygen atoms in total. The van der Waals surface area contributed by atoms with Gasteiger partial charge in [-0.3, -0.25) is 0 Å². The molecule has 0 amide bonds. The number of hydrogen-bond acceptors (Lipinski definition) is 2. The Labute approximate surface area is 163 Å². The summed E-state index contributed by atoms with van der Waals surface area (Å²) in [6, 6.07) is 17.7. The lowest BCUT2D eigenvalue weighted by molar-refractivity contribution is 0.0368. The molecule has 0 spiro atoms. The van der Waals surface area contributed by atoms with E-state index in [1.807, 2.05) is 0 Å². The molecule has 3 unspecified atom stereocenters. The Morgan fingerprint density at radius 3 is 2.48 bits per heavy atom. The van der Waals surface area contributed by atoms with Crippen molar-refractivity contribution < 1.29 is 9.47 Å². The van der Waals surface area contributed by atoms with Gasteiger partial charge in [0.2, 0.25) is 0 Å². The fraction of sp³-hybridized carbons (Fsp3) is 0.520. The molecule has 0 aliphatic heterocycles. The van der Waals surface area contributed by atoms with Gasteiger partial charge < -0.3 is 9.47 Å². The minimum Gasteiger partial charge on any atom is -0.378 e. The standard InChI is InChI=1S/C25H32O2/c1-2-26-25-16-14-20(23-11-5-6-12-24(23)25)10-7-17-27-22-15-13-19-8-3-4-9-21(19)18-22/h3-6,8-9,11-12,20,22,25H,2,7,10,13-18H2,1H3. The predicted molar refractivity (Wildman–Crippen MR) is 110 cm³/mol. The van der Waals surface area contributed by atoms with Crippen LogP contribution < -0.4 is 0 Å². The number of ether oxygens (including phenoxy) is 2. The lowest BCUT2D eigenvalue weighted by Gasteiger charge is -2.31. The Kier molecular flexibility index (Phi) is 6.26. The van der Waals surface area contributed by atoms with E-state index in [-0.39, 0.29) is 0 Å². The summed E-state index contributed by atoms with van der Waals surface area (Å²) in [4.78, 5) is 0. The molecule has 2 aromatic carbocycles. The van der Waals surface area contributed by atoms with Crippen LogP contribution in [0.5, 0.6) is 0 Å². The van der Waals surface area contributed by atoms with E-state index in [2.05, 4.69) is 55.5 Å². The van der Waals surface area contributed by atoms with Crippen molar-refractivity contribution in [1.29, 1.82) is 0 Å². The topological polar surface area (TPSA) is 18.5 Å². The summed E-state index contributed by atoms with van der Waals surface area (Å²) in [7, 11) is 0. The normalized spacial score (nSPS) is 24.3. The van der Waals surface area contributed by atoms with E-state index in [9.17, 15) is 0 Å². The highest BCUT2D eigenvalue weighted by atomic mass is 16.5. The van der Waals surface area contributed by atoms with Crippen LogP contribution in [0.15, 0.2) is 48.5 Å². The highest BCUT2D eigenvalue weighted by Crippen LogP contribution is 2.41. The summed E-state index contributed by atoms with van der Waals surface area (Å²) in [5.74, 6) is 0.661. The van der Waals surface area contributed by atoms with Crippen LogP contribution >= 0.6 is 0 Å². The van der Waals surface area contributed by atoms with Crippen LogP contribution in [-0.2, 0) is 22.3 Å². The van der Waals surface area contributed by atoms with Crippen LogP contribution in [0.2, 0.25) is 0 Å². The van der Waals surface area contributed by atoms with Crippen molar-refractivity contribution in [2.24, 2.45) is 0 Å². The molecule has 144 valence electrons. The number of hydrogen-bond donors (Lipinski definition) is 0. The average molecular weight is 365 g/mol. The first kappa shape index (κ1) is 18.7. The van der Waals surface area contributed by atoms with E-state index in [1.165, 1.54) is 41.5 Å². The Morgan fingerprint density at radius 2 is 1.63 bits per heavy atom. The summed E-state index contributed by atoms with van der Waals surface area (Å²) in [6.45, 7) is 3.78. The van der Waals surface area contributed by atoms with Crippen molar-refractivity contribution in [2.45, 2.75) is 70.0 Å². The molecule has 4 rings (SSSR count). The molecule has 0 saturated carbocycles. The third-order valence-electron chi connectivity index (χ3n) is 6.28. The zero-order valence-electron chi connectivity index (χ0n) is 16.5. The first-order valence-corrected chi connectivity index (χ1v) is 10.7. The molecule has 0 bridgehead atoms. The highest BCUT2D eigenvalue weighted by Gasteiger charge is 2.27. The number of fused-ring (bicyclic) bond motifs is 2. The largest absolute Gasteiger partial charge is 0.378 e. The van der Waals surface area contributed by atoms with Gasteiger partial charge in [0.15, 0.2) is 0 Å². The summed E-state index contributed by atoms with van der Waals surface area (Å²) in [5, 5.41) is 0. The third-order valence-corrected chi connectivity index (χ3v) is 6.28. The van der Waals surface area contributed by atoms with Gasteiger partial charge in [-0.05, 0) is 80.0 Å². The van der Waals surface area contributed by atoms with Gasteiger partial charge in [0.1, 0.15) is 0 Å². The molecule has 0 heterocycles. The smallest absolute Gasteiger partial charge is 0.0827 e. The molecule has 2 aliphatic rings. The van der Waals surface area contributed by atoms with E-state index in [1.54, 1.807) is 0 Å². The van der Waals surface area contributed by atoms with Crippen molar-refractivity contribution in [2.75, 3.05) is 13.2 Å². The third kappa shape index (κ3) is 4.44. The maximum atomic E-state index is 6.25. The van der Waals surface area contributed by atoms with Crippen LogP contribution in [0.1, 0.15) is 73.3 Å². The van der Waals surface area contributed by atoms with Crippen LogP contribution in [0, 0.1) is 0 Å². The van der Waals surface area contributed by atoms with Crippen molar-refractivity contribution in [3.8, 4) is 0 Å². The fourth-order valence-corrected chi connectivity index (χ4v) is 4.90. The first-order chi connectivity index (χ1) is 13.3. The van der Waals surface area contributed by atoms with Crippen LogP contribution in [0.25, 0.3) is 0 Å². The summed E-state index contributed by atoms with van der Waals surface area (Å²) < 4.78 is 12.2. The summed E-state index contributed by atoms with van der Waals surface area (Å²) in [5.41, 5.74) is 5.92. The summed E-state index contributed by atoms with van der Waals surface area (Å²) >= 11 is 0. The first-order valence-electron chi connectivity index (χ1n) is 10.7. The van der Waals surface area contributed by atoms with E-state index in [4.69, 9.17) is 9.47 Å². The van der Waals surface area contributed by atoms with Crippen molar-refractivity contribution >= 4 is 0 Å². The molecular formula is C25H32O2. The molecule has 3 atom stereocenters. The molecule has 2 aromatic rings. The van der Waals surface area contributed by atoms with Gasteiger partial charge in [-0.15, -0.1) is 0 Å². The lowest BCUT2D eigenvalue weighted by Crippen LogP contribution is -2.23. The Bertz CT molecular complexity index is 739. The lowest BCUT2D eigenvalue weighted by atomic mass is 9.79. The van der Waals surface area contributed by atoms with E-state index in [0.717, 1.165) is 38.9 Å². The number of aryl methyl sites for hydroxylation is 1. The number of rotatable bonds is 7. The molecule has 0 aromatic heterocycles. The highest BCUT2D eigenvalue weighted by molar-refractivity contribution is 5.34. The molecular weight excluding hydrogens is 332 g/mol. The molecule has 2 heteroatoms. The fourth-order valence-electron chi connectivity index (χ4n) is 4.90. The summed E-state index contributed by atoms with van der Waals surface area (Å²) in [6.07, 6.45) is 8.86.